The van der Waals surface area contributed by atoms with Gasteiger partial charge in [0.2, 0.25) is 17.7 Å². The lowest BCUT2D eigenvalue weighted by Gasteiger charge is -2.28. The predicted molar refractivity (Wildman–Crippen MR) is 111 cm³/mol. The molecule has 2 aliphatic rings. The second-order valence-corrected chi connectivity index (χ2v) is 7.81. The summed E-state index contributed by atoms with van der Waals surface area (Å²) in [6.45, 7) is 1.09. The largest absolute Gasteiger partial charge is 0.326 e. The molecule has 28 heavy (non-hydrogen) atoms. The van der Waals surface area contributed by atoms with E-state index >= 15 is 0 Å². The Morgan fingerprint density at radius 2 is 1.82 bits per heavy atom. The molecule has 2 aromatic carbocycles. The Labute approximate surface area is 167 Å². The van der Waals surface area contributed by atoms with Crippen molar-refractivity contribution in [1.29, 1.82) is 0 Å². The number of hydrogen-bond acceptors (Lipinski definition) is 4. The molecule has 0 atom stereocenters. The third-order valence-corrected chi connectivity index (χ3v) is 5.95. The first kappa shape index (κ1) is 18.6. The molecule has 0 spiro atoms. The summed E-state index contributed by atoms with van der Waals surface area (Å²) in [6.07, 6.45) is 1.70. The van der Waals surface area contributed by atoms with Crippen molar-refractivity contribution < 1.29 is 14.4 Å². The molecule has 2 aromatic rings. The van der Waals surface area contributed by atoms with Crippen LogP contribution in [0.3, 0.4) is 0 Å². The Balaban J connectivity index is 1.35. The number of hydrogen-bond donors (Lipinski definition) is 1. The number of thioether (sulfide) groups is 1. The average molecular weight is 395 g/mol. The van der Waals surface area contributed by atoms with Gasteiger partial charge in [0, 0.05) is 42.2 Å². The Bertz CT molecular complexity index is 913. The number of fused-ring (bicyclic) bond motifs is 1. The molecule has 0 bridgehead atoms. The van der Waals surface area contributed by atoms with Gasteiger partial charge in [-0.15, -0.1) is 11.8 Å². The van der Waals surface area contributed by atoms with Crippen molar-refractivity contribution in [1.82, 2.24) is 0 Å². The van der Waals surface area contributed by atoms with Crippen LogP contribution >= 0.6 is 11.8 Å². The van der Waals surface area contributed by atoms with E-state index in [4.69, 9.17) is 0 Å². The summed E-state index contributed by atoms with van der Waals surface area (Å²) in [5.41, 5.74) is 2.41. The van der Waals surface area contributed by atoms with Crippen LogP contribution in [-0.2, 0) is 14.4 Å². The number of nitrogens with zero attached hydrogens (tertiary/aromatic N) is 2. The van der Waals surface area contributed by atoms with Crippen LogP contribution in [0.1, 0.15) is 19.3 Å². The molecule has 1 saturated heterocycles. The molecule has 0 saturated carbocycles. The number of carbonyl (C=O) groups excluding carboxylic acids is 3. The maximum absolute atomic E-state index is 12.3. The summed E-state index contributed by atoms with van der Waals surface area (Å²) in [5.74, 6) is 0.418. The molecule has 144 valence electrons. The van der Waals surface area contributed by atoms with E-state index in [-0.39, 0.29) is 24.1 Å². The Morgan fingerprint density at radius 3 is 2.57 bits per heavy atom. The van der Waals surface area contributed by atoms with Crippen LogP contribution in [0, 0.1) is 0 Å². The van der Waals surface area contributed by atoms with Crippen LogP contribution in [0.25, 0.3) is 0 Å². The third-order valence-electron chi connectivity index (χ3n) is 4.91. The van der Waals surface area contributed by atoms with E-state index in [0.29, 0.717) is 24.4 Å². The quantitative estimate of drug-likeness (QED) is 0.844. The van der Waals surface area contributed by atoms with Crippen LogP contribution in [0.15, 0.2) is 53.4 Å². The topological polar surface area (TPSA) is 69.7 Å². The minimum Gasteiger partial charge on any atom is -0.326 e. The molecule has 2 aliphatic heterocycles. The minimum atomic E-state index is -0.145. The molecule has 7 heteroatoms. The van der Waals surface area contributed by atoms with Crippen LogP contribution in [0.4, 0.5) is 17.1 Å². The summed E-state index contributed by atoms with van der Waals surface area (Å²) < 4.78 is 0. The summed E-state index contributed by atoms with van der Waals surface area (Å²) >= 11 is 1.53. The van der Waals surface area contributed by atoms with Crippen LogP contribution in [-0.4, -0.2) is 36.6 Å². The highest BCUT2D eigenvalue weighted by Crippen LogP contribution is 2.34. The Morgan fingerprint density at radius 1 is 1.04 bits per heavy atom. The fourth-order valence-electron chi connectivity index (χ4n) is 3.48. The molecule has 1 fully saturated rings. The van der Waals surface area contributed by atoms with Crippen molar-refractivity contribution in [2.24, 2.45) is 0 Å². The van der Waals surface area contributed by atoms with Gasteiger partial charge in [0.05, 0.1) is 11.4 Å². The first-order valence-corrected chi connectivity index (χ1v) is 10.3. The van der Waals surface area contributed by atoms with Crippen molar-refractivity contribution in [2.45, 2.75) is 24.2 Å². The molecule has 0 radical (unpaired) electrons. The molecule has 6 nitrogen and oxygen atoms in total. The van der Waals surface area contributed by atoms with Crippen molar-refractivity contribution >= 4 is 46.5 Å². The van der Waals surface area contributed by atoms with Gasteiger partial charge in [0.15, 0.2) is 0 Å². The van der Waals surface area contributed by atoms with E-state index in [9.17, 15) is 14.4 Å². The third kappa shape index (κ3) is 3.89. The number of carbonyl (C=O) groups is 3. The smallest absolute Gasteiger partial charge is 0.237 e. The van der Waals surface area contributed by atoms with E-state index in [2.05, 4.69) is 5.32 Å². The van der Waals surface area contributed by atoms with Gasteiger partial charge in [-0.25, -0.2) is 0 Å². The summed E-state index contributed by atoms with van der Waals surface area (Å²) in [7, 11) is 0. The van der Waals surface area contributed by atoms with Gasteiger partial charge in [0.25, 0.3) is 0 Å². The zero-order valence-corrected chi connectivity index (χ0v) is 16.2. The minimum absolute atomic E-state index is 0.0242. The lowest BCUT2D eigenvalue weighted by molar-refractivity contribution is -0.118. The molecule has 0 unspecified atom stereocenters. The fourth-order valence-corrected chi connectivity index (χ4v) is 4.42. The van der Waals surface area contributed by atoms with Gasteiger partial charge < -0.3 is 15.1 Å². The van der Waals surface area contributed by atoms with Gasteiger partial charge in [0.1, 0.15) is 0 Å². The highest BCUT2D eigenvalue weighted by atomic mass is 32.2. The maximum Gasteiger partial charge on any atom is 0.237 e. The highest BCUT2D eigenvalue weighted by Gasteiger charge is 2.25. The van der Waals surface area contributed by atoms with Crippen LogP contribution < -0.4 is 15.1 Å². The molecule has 0 aromatic heterocycles. The average Bonchev–Trinajstić information content (AvgIpc) is 3.14. The second kappa shape index (κ2) is 8.06. The van der Waals surface area contributed by atoms with E-state index in [1.165, 1.54) is 11.8 Å². The predicted octanol–water partition coefficient (Wildman–Crippen LogP) is 3.28. The van der Waals surface area contributed by atoms with Crippen molar-refractivity contribution in [3.63, 3.8) is 0 Å². The molecule has 3 amide bonds. The monoisotopic (exact) mass is 395 g/mol. The van der Waals surface area contributed by atoms with Crippen LogP contribution in [0.2, 0.25) is 0 Å². The SMILES string of the molecule is O=C(CCN1C(=O)CSc2ccccc21)Nc1ccc(N2CCCC2=O)cc1. The number of rotatable bonds is 5. The van der Waals surface area contributed by atoms with Gasteiger partial charge in [-0.05, 0) is 42.8 Å². The Kier molecular flexibility index (Phi) is 5.34. The number of nitrogens with one attached hydrogen (secondary N) is 1. The van der Waals surface area contributed by atoms with Gasteiger partial charge >= 0.3 is 0 Å². The number of benzene rings is 2. The molecule has 1 N–H and O–H groups in total. The van der Waals surface area contributed by atoms with E-state index < -0.39 is 0 Å². The molecular weight excluding hydrogens is 374 g/mol. The molecule has 0 aliphatic carbocycles. The van der Waals surface area contributed by atoms with E-state index in [1.807, 2.05) is 36.4 Å². The first-order chi connectivity index (χ1) is 13.6. The standard InChI is InChI=1S/C21H21N3O3S/c25-19(11-13-24-17-4-1-2-5-18(17)28-14-21(24)27)22-15-7-9-16(10-8-15)23-12-3-6-20(23)26/h1-2,4-5,7-10H,3,6,11-14H2,(H,22,25). The van der Waals surface area contributed by atoms with E-state index in [0.717, 1.165) is 29.2 Å². The van der Waals surface area contributed by atoms with Gasteiger partial charge in [-0.2, -0.15) is 0 Å². The first-order valence-electron chi connectivity index (χ1n) is 9.34. The number of amides is 3. The second-order valence-electron chi connectivity index (χ2n) is 6.80. The lowest BCUT2D eigenvalue weighted by atomic mass is 10.2. The number of para-hydroxylation sites is 1. The van der Waals surface area contributed by atoms with Crippen LogP contribution in [0.5, 0.6) is 0 Å². The van der Waals surface area contributed by atoms with Gasteiger partial charge in [-0.3, -0.25) is 14.4 Å². The highest BCUT2D eigenvalue weighted by molar-refractivity contribution is 8.00. The molecule has 4 rings (SSSR count). The zero-order valence-electron chi connectivity index (χ0n) is 15.4. The molecule has 2 heterocycles. The zero-order chi connectivity index (χ0) is 19.5. The van der Waals surface area contributed by atoms with Crippen molar-refractivity contribution in [2.75, 3.05) is 34.0 Å². The number of anilines is 3. The molecular formula is C21H21N3O3S. The Hall–Kier alpha value is -2.80. The lowest BCUT2D eigenvalue weighted by Crippen LogP contribution is -2.37. The summed E-state index contributed by atoms with van der Waals surface area (Å²) in [6, 6.07) is 15.1. The van der Waals surface area contributed by atoms with Gasteiger partial charge in [-0.1, -0.05) is 12.1 Å². The summed E-state index contributed by atoms with van der Waals surface area (Å²) in [5, 5.41) is 2.86. The maximum atomic E-state index is 12.3. The normalized spacial score (nSPS) is 16.3. The van der Waals surface area contributed by atoms with E-state index in [1.54, 1.807) is 21.9 Å². The fraction of sp³-hybridized carbons (Fsp3) is 0.286. The summed E-state index contributed by atoms with van der Waals surface area (Å²) in [4.78, 5) is 40.9. The van der Waals surface area contributed by atoms with Crippen molar-refractivity contribution in [3.8, 4) is 0 Å². The van der Waals surface area contributed by atoms with Crippen molar-refractivity contribution in [3.05, 3.63) is 48.5 Å².